The van der Waals surface area contributed by atoms with Gasteiger partial charge in [-0.2, -0.15) is 18.3 Å². The third-order valence-electron chi connectivity index (χ3n) is 3.75. The lowest BCUT2D eigenvalue weighted by molar-refractivity contribution is -0.142. The van der Waals surface area contributed by atoms with Crippen molar-refractivity contribution in [3.63, 3.8) is 0 Å². The van der Waals surface area contributed by atoms with Gasteiger partial charge in [-0.05, 0) is 38.9 Å². The summed E-state index contributed by atoms with van der Waals surface area (Å²) in [5, 5.41) is 3.41. The Morgan fingerprint density at radius 3 is 2.75 bits per heavy atom. The zero-order valence-electron chi connectivity index (χ0n) is 11.4. The van der Waals surface area contributed by atoms with Crippen LogP contribution in [0.2, 0.25) is 0 Å². The van der Waals surface area contributed by atoms with Gasteiger partial charge in [0.2, 0.25) is 0 Å². The second-order valence-electron chi connectivity index (χ2n) is 5.20. The van der Waals surface area contributed by atoms with Crippen LogP contribution in [0.25, 0.3) is 0 Å². The Morgan fingerprint density at radius 2 is 2.10 bits per heavy atom. The van der Waals surface area contributed by atoms with Crippen LogP contribution in [-0.4, -0.2) is 34.3 Å². The van der Waals surface area contributed by atoms with Gasteiger partial charge in [0.25, 0.3) is 5.56 Å². The SMILES string of the molecule is CN1CCCCC1CCn1nc(C(F)(F)F)ccc1=O. The molecule has 1 atom stereocenters. The molecular formula is C13H18F3N3O. The molecule has 1 aliphatic rings. The predicted octanol–water partition coefficient (Wildman–Crippen LogP) is 2.14. The zero-order chi connectivity index (χ0) is 14.8. The smallest absolute Gasteiger partial charge is 0.303 e. The number of piperidine rings is 1. The topological polar surface area (TPSA) is 38.1 Å². The van der Waals surface area contributed by atoms with Crippen LogP contribution in [-0.2, 0) is 12.7 Å². The molecule has 0 radical (unpaired) electrons. The summed E-state index contributed by atoms with van der Waals surface area (Å²) in [5.74, 6) is 0. The number of alkyl halides is 3. The van der Waals surface area contributed by atoms with Crippen molar-refractivity contribution in [2.24, 2.45) is 0 Å². The Balaban J connectivity index is 2.07. The van der Waals surface area contributed by atoms with Gasteiger partial charge in [-0.1, -0.05) is 6.42 Å². The number of aromatic nitrogens is 2. The highest BCUT2D eigenvalue weighted by Gasteiger charge is 2.33. The molecule has 1 saturated heterocycles. The quantitative estimate of drug-likeness (QED) is 0.855. The molecule has 0 aromatic carbocycles. The Morgan fingerprint density at radius 1 is 1.35 bits per heavy atom. The standard InChI is InChI=1S/C13H18F3N3O/c1-18-8-3-2-4-10(18)7-9-19-12(20)6-5-11(17-19)13(14,15)16/h5-6,10H,2-4,7-9H2,1H3. The number of aryl methyl sites for hydroxylation is 1. The number of hydrogen-bond donors (Lipinski definition) is 0. The highest BCUT2D eigenvalue weighted by atomic mass is 19.4. The monoisotopic (exact) mass is 289 g/mol. The number of hydrogen-bond acceptors (Lipinski definition) is 3. The van der Waals surface area contributed by atoms with Crippen LogP contribution < -0.4 is 5.56 Å². The van der Waals surface area contributed by atoms with E-state index in [1.54, 1.807) is 0 Å². The molecule has 112 valence electrons. The van der Waals surface area contributed by atoms with Gasteiger partial charge in [0.15, 0.2) is 5.69 Å². The predicted molar refractivity (Wildman–Crippen MR) is 68.4 cm³/mol. The first-order valence-electron chi connectivity index (χ1n) is 6.73. The van der Waals surface area contributed by atoms with E-state index in [0.717, 1.165) is 42.6 Å². The van der Waals surface area contributed by atoms with E-state index in [9.17, 15) is 18.0 Å². The molecule has 0 amide bonds. The molecular weight excluding hydrogens is 271 g/mol. The van der Waals surface area contributed by atoms with Crippen molar-refractivity contribution < 1.29 is 13.2 Å². The molecule has 1 unspecified atom stereocenters. The van der Waals surface area contributed by atoms with E-state index < -0.39 is 17.4 Å². The van der Waals surface area contributed by atoms with Gasteiger partial charge in [-0.15, -0.1) is 0 Å². The summed E-state index contributed by atoms with van der Waals surface area (Å²) in [6, 6.07) is 1.97. The molecule has 0 bridgehead atoms. The van der Waals surface area contributed by atoms with Gasteiger partial charge in [0.05, 0.1) is 0 Å². The molecule has 0 aliphatic carbocycles. The third kappa shape index (κ3) is 3.59. The van der Waals surface area contributed by atoms with Gasteiger partial charge < -0.3 is 4.90 Å². The van der Waals surface area contributed by atoms with Crippen molar-refractivity contribution in [2.45, 2.75) is 44.4 Å². The van der Waals surface area contributed by atoms with E-state index in [-0.39, 0.29) is 6.54 Å². The zero-order valence-corrected chi connectivity index (χ0v) is 11.4. The van der Waals surface area contributed by atoms with E-state index in [1.165, 1.54) is 0 Å². The molecule has 2 rings (SSSR count). The van der Waals surface area contributed by atoms with Crippen molar-refractivity contribution in [2.75, 3.05) is 13.6 Å². The summed E-state index contributed by atoms with van der Waals surface area (Å²) in [4.78, 5) is 13.8. The molecule has 4 nitrogen and oxygen atoms in total. The van der Waals surface area contributed by atoms with Crippen LogP contribution in [0.15, 0.2) is 16.9 Å². The number of rotatable bonds is 3. The van der Waals surface area contributed by atoms with Crippen LogP contribution in [0.3, 0.4) is 0 Å². The highest BCUT2D eigenvalue weighted by molar-refractivity contribution is 5.04. The highest BCUT2D eigenvalue weighted by Crippen LogP contribution is 2.26. The van der Waals surface area contributed by atoms with Crippen LogP contribution >= 0.6 is 0 Å². The molecule has 20 heavy (non-hydrogen) atoms. The molecule has 1 fully saturated rings. The first-order valence-corrected chi connectivity index (χ1v) is 6.73. The van der Waals surface area contributed by atoms with Gasteiger partial charge >= 0.3 is 6.18 Å². The molecule has 0 spiro atoms. The largest absolute Gasteiger partial charge is 0.435 e. The van der Waals surface area contributed by atoms with E-state index >= 15 is 0 Å². The van der Waals surface area contributed by atoms with Gasteiger partial charge in [-0.25, -0.2) is 4.68 Å². The van der Waals surface area contributed by atoms with E-state index in [4.69, 9.17) is 0 Å². The van der Waals surface area contributed by atoms with Gasteiger partial charge in [0, 0.05) is 18.7 Å². The maximum Gasteiger partial charge on any atom is 0.435 e. The summed E-state index contributed by atoms with van der Waals surface area (Å²) >= 11 is 0. The van der Waals surface area contributed by atoms with Crippen LogP contribution in [0.4, 0.5) is 13.2 Å². The summed E-state index contributed by atoms with van der Waals surface area (Å²) in [6.07, 6.45) is -0.583. The van der Waals surface area contributed by atoms with Crippen molar-refractivity contribution >= 4 is 0 Å². The fraction of sp³-hybridized carbons (Fsp3) is 0.692. The minimum Gasteiger partial charge on any atom is -0.303 e. The summed E-state index contributed by atoms with van der Waals surface area (Å²) in [7, 11) is 2.01. The summed E-state index contributed by atoms with van der Waals surface area (Å²) in [6.45, 7) is 1.22. The lowest BCUT2D eigenvalue weighted by Gasteiger charge is -2.32. The number of likely N-dealkylation sites (tertiary alicyclic amines) is 1. The maximum atomic E-state index is 12.6. The fourth-order valence-electron chi connectivity index (χ4n) is 2.54. The van der Waals surface area contributed by atoms with Crippen LogP contribution in [0, 0.1) is 0 Å². The minimum atomic E-state index is -4.52. The second-order valence-corrected chi connectivity index (χ2v) is 5.20. The number of nitrogens with zero attached hydrogens (tertiary/aromatic N) is 3. The van der Waals surface area contributed by atoms with Crippen LogP contribution in [0.5, 0.6) is 0 Å². The minimum absolute atomic E-state index is 0.220. The lowest BCUT2D eigenvalue weighted by Crippen LogP contribution is -2.38. The van der Waals surface area contributed by atoms with E-state index in [2.05, 4.69) is 10.00 Å². The molecule has 0 saturated carbocycles. The summed E-state index contributed by atoms with van der Waals surface area (Å²) in [5.41, 5.74) is -1.51. The first kappa shape index (κ1) is 15.0. The van der Waals surface area contributed by atoms with E-state index in [0.29, 0.717) is 12.5 Å². The lowest BCUT2D eigenvalue weighted by atomic mass is 10.0. The maximum absolute atomic E-state index is 12.6. The first-order chi connectivity index (χ1) is 9.38. The van der Waals surface area contributed by atoms with Crippen LogP contribution in [0.1, 0.15) is 31.4 Å². The Labute approximate surface area is 115 Å². The Hall–Kier alpha value is -1.37. The Bertz CT molecular complexity index is 512. The van der Waals surface area contributed by atoms with Crippen molar-refractivity contribution in [3.05, 3.63) is 28.2 Å². The molecule has 7 heteroatoms. The number of halogens is 3. The van der Waals surface area contributed by atoms with E-state index in [1.807, 2.05) is 7.05 Å². The van der Waals surface area contributed by atoms with Crippen molar-refractivity contribution in [1.82, 2.24) is 14.7 Å². The molecule has 1 aliphatic heterocycles. The average molecular weight is 289 g/mol. The average Bonchev–Trinajstić information content (AvgIpc) is 2.38. The summed E-state index contributed by atoms with van der Waals surface area (Å²) < 4.78 is 38.6. The van der Waals surface area contributed by atoms with Gasteiger partial charge in [0.1, 0.15) is 0 Å². The molecule has 2 heterocycles. The molecule has 0 N–H and O–H groups in total. The fourth-order valence-corrected chi connectivity index (χ4v) is 2.54. The normalized spacial score (nSPS) is 21.1. The van der Waals surface area contributed by atoms with Crippen molar-refractivity contribution in [1.29, 1.82) is 0 Å². The second kappa shape index (κ2) is 5.95. The molecule has 1 aromatic rings. The Kier molecular flexibility index (Phi) is 4.47. The van der Waals surface area contributed by atoms with Gasteiger partial charge in [-0.3, -0.25) is 4.79 Å². The van der Waals surface area contributed by atoms with Crippen molar-refractivity contribution in [3.8, 4) is 0 Å². The molecule has 1 aromatic heterocycles. The third-order valence-corrected chi connectivity index (χ3v) is 3.75.